The smallest absolute Gasteiger partial charge is 0.308 e. The van der Waals surface area contributed by atoms with Gasteiger partial charge in [-0.25, -0.2) is 0 Å². The molecule has 9 nitrogen and oxygen atoms in total. The summed E-state index contributed by atoms with van der Waals surface area (Å²) in [5.74, 6) is -0.216. The predicted molar refractivity (Wildman–Crippen MR) is 94.3 cm³/mol. The molecule has 1 aliphatic rings. The van der Waals surface area contributed by atoms with Crippen LogP contribution in [0, 0.1) is 17.2 Å². The number of esters is 1. The average molecular weight is 361 g/mol. The van der Waals surface area contributed by atoms with Gasteiger partial charge in [-0.1, -0.05) is 0 Å². The second-order valence-corrected chi connectivity index (χ2v) is 5.94. The first kappa shape index (κ1) is 19.5. The normalized spacial score (nSPS) is 15.1. The Bertz CT molecular complexity index is 708. The number of pyridine rings is 1. The van der Waals surface area contributed by atoms with Gasteiger partial charge >= 0.3 is 5.97 Å². The summed E-state index contributed by atoms with van der Waals surface area (Å²) in [5.41, 5.74) is 6.17. The first-order valence-electron chi connectivity index (χ1n) is 8.41. The third kappa shape index (κ3) is 4.83. The number of carbonyl (C=O) groups excluding carboxylic acids is 2. The summed E-state index contributed by atoms with van der Waals surface area (Å²) in [6.45, 7) is 3.55. The molecule has 1 aromatic heterocycles. The van der Waals surface area contributed by atoms with E-state index in [1.54, 1.807) is 6.92 Å². The maximum Gasteiger partial charge on any atom is 0.308 e. The SMILES string of the molecule is CCOc1nc(NC(=O)CN2CCC(C(=O)OC)CC2)cc(N)c1C#N. The van der Waals surface area contributed by atoms with Crippen molar-refractivity contribution in [2.45, 2.75) is 19.8 Å². The van der Waals surface area contributed by atoms with Crippen molar-refractivity contribution in [1.29, 1.82) is 5.26 Å². The summed E-state index contributed by atoms with van der Waals surface area (Å²) in [6, 6.07) is 3.37. The van der Waals surface area contributed by atoms with Gasteiger partial charge in [0, 0.05) is 6.07 Å². The van der Waals surface area contributed by atoms with E-state index in [9.17, 15) is 9.59 Å². The van der Waals surface area contributed by atoms with Crippen LogP contribution in [0.2, 0.25) is 0 Å². The number of hydrogen-bond acceptors (Lipinski definition) is 8. The lowest BCUT2D eigenvalue weighted by atomic mass is 9.97. The van der Waals surface area contributed by atoms with Crippen molar-refractivity contribution >= 4 is 23.4 Å². The van der Waals surface area contributed by atoms with Crippen LogP contribution in [0.4, 0.5) is 11.5 Å². The standard InChI is InChI=1S/C17H23N5O4/c1-3-26-16-12(9-18)13(19)8-14(21-16)20-15(23)10-22-6-4-11(5-7-22)17(24)25-2/h8,11H,3-7,10H2,1-2H3,(H3,19,20,21,23). The van der Waals surface area contributed by atoms with Crippen LogP contribution < -0.4 is 15.8 Å². The van der Waals surface area contributed by atoms with Gasteiger partial charge in [-0.3, -0.25) is 14.5 Å². The number of nitriles is 1. The van der Waals surface area contributed by atoms with Crippen LogP contribution in [0.15, 0.2) is 6.07 Å². The van der Waals surface area contributed by atoms with E-state index in [4.69, 9.17) is 20.5 Å². The van der Waals surface area contributed by atoms with Gasteiger partial charge in [-0.05, 0) is 32.9 Å². The molecule has 2 rings (SSSR count). The average Bonchev–Trinajstić information content (AvgIpc) is 2.61. The summed E-state index contributed by atoms with van der Waals surface area (Å²) in [4.78, 5) is 29.9. The molecule has 140 valence electrons. The van der Waals surface area contributed by atoms with Gasteiger partial charge in [0.05, 0.1) is 31.9 Å². The highest BCUT2D eigenvalue weighted by Gasteiger charge is 2.26. The number of nitrogens with one attached hydrogen (secondary N) is 1. The summed E-state index contributed by atoms with van der Waals surface area (Å²) >= 11 is 0. The zero-order chi connectivity index (χ0) is 19.1. The Kier molecular flexibility index (Phi) is 6.74. The van der Waals surface area contributed by atoms with Crippen LogP contribution in [-0.2, 0) is 14.3 Å². The maximum absolute atomic E-state index is 12.3. The lowest BCUT2D eigenvalue weighted by Gasteiger charge is -2.29. The van der Waals surface area contributed by atoms with Gasteiger partial charge in [0.15, 0.2) is 0 Å². The molecule has 0 aromatic carbocycles. The van der Waals surface area contributed by atoms with Crippen LogP contribution >= 0.6 is 0 Å². The minimum atomic E-state index is -0.249. The fraction of sp³-hybridized carbons (Fsp3) is 0.529. The van der Waals surface area contributed by atoms with E-state index in [1.807, 2.05) is 11.0 Å². The Morgan fingerprint density at radius 2 is 2.15 bits per heavy atom. The van der Waals surface area contributed by atoms with E-state index in [0.29, 0.717) is 32.5 Å². The van der Waals surface area contributed by atoms with Gasteiger partial charge in [-0.15, -0.1) is 0 Å². The first-order chi connectivity index (χ1) is 12.5. The largest absolute Gasteiger partial charge is 0.477 e. The highest BCUT2D eigenvalue weighted by molar-refractivity contribution is 5.92. The molecule has 9 heteroatoms. The van der Waals surface area contributed by atoms with Crippen LogP contribution in [0.3, 0.4) is 0 Å². The number of nitrogens with zero attached hydrogens (tertiary/aromatic N) is 3. The predicted octanol–water partition coefficient (Wildman–Crippen LogP) is 0.758. The summed E-state index contributed by atoms with van der Waals surface area (Å²) in [7, 11) is 1.38. The first-order valence-corrected chi connectivity index (χ1v) is 8.41. The quantitative estimate of drug-likeness (QED) is 0.710. The molecule has 0 saturated carbocycles. The Morgan fingerprint density at radius 3 is 2.73 bits per heavy atom. The summed E-state index contributed by atoms with van der Waals surface area (Å²) in [6.07, 6.45) is 1.33. The number of nitrogen functional groups attached to an aromatic ring is 1. The fourth-order valence-corrected chi connectivity index (χ4v) is 2.84. The lowest BCUT2D eigenvalue weighted by Crippen LogP contribution is -2.41. The summed E-state index contributed by atoms with van der Waals surface area (Å²) in [5, 5.41) is 11.8. The topological polar surface area (TPSA) is 131 Å². The maximum atomic E-state index is 12.3. The molecule has 0 radical (unpaired) electrons. The van der Waals surface area contributed by atoms with Crippen molar-refractivity contribution in [3.63, 3.8) is 0 Å². The monoisotopic (exact) mass is 361 g/mol. The zero-order valence-corrected chi connectivity index (χ0v) is 14.9. The fourth-order valence-electron chi connectivity index (χ4n) is 2.84. The second kappa shape index (κ2) is 9.01. The molecular formula is C17H23N5O4. The van der Waals surface area contributed by atoms with Crippen LogP contribution in [0.5, 0.6) is 5.88 Å². The van der Waals surface area contributed by atoms with E-state index in [0.717, 1.165) is 0 Å². The number of carbonyl (C=O) groups is 2. The highest BCUT2D eigenvalue weighted by Crippen LogP contribution is 2.25. The number of anilines is 2. The Hall–Kier alpha value is -2.86. The van der Waals surface area contributed by atoms with Gasteiger partial charge in [0.2, 0.25) is 11.8 Å². The molecule has 0 bridgehead atoms. The number of aromatic nitrogens is 1. The number of nitrogens with two attached hydrogens (primary N) is 1. The molecule has 0 unspecified atom stereocenters. The molecular weight excluding hydrogens is 338 g/mol. The minimum Gasteiger partial charge on any atom is -0.477 e. The van der Waals surface area contributed by atoms with Crippen LogP contribution in [-0.4, -0.2) is 55.1 Å². The number of piperidine rings is 1. The Balaban J connectivity index is 1.94. The molecule has 26 heavy (non-hydrogen) atoms. The van der Waals surface area contributed by atoms with Crippen molar-refractivity contribution in [3.05, 3.63) is 11.6 Å². The number of likely N-dealkylation sites (tertiary alicyclic amines) is 1. The Labute approximate surface area is 152 Å². The second-order valence-electron chi connectivity index (χ2n) is 5.94. The third-order valence-corrected chi connectivity index (χ3v) is 4.17. The van der Waals surface area contributed by atoms with Crippen molar-refractivity contribution in [3.8, 4) is 11.9 Å². The van der Waals surface area contributed by atoms with Gasteiger partial charge < -0.3 is 20.5 Å². The number of hydrogen-bond donors (Lipinski definition) is 2. The van der Waals surface area contributed by atoms with Crippen molar-refractivity contribution in [1.82, 2.24) is 9.88 Å². The van der Waals surface area contributed by atoms with Crippen molar-refractivity contribution < 1.29 is 19.1 Å². The highest BCUT2D eigenvalue weighted by atomic mass is 16.5. The van der Waals surface area contributed by atoms with E-state index >= 15 is 0 Å². The molecule has 0 aliphatic carbocycles. The molecule has 1 aliphatic heterocycles. The molecule has 1 aromatic rings. The van der Waals surface area contributed by atoms with Crippen LogP contribution in [0.1, 0.15) is 25.3 Å². The molecule has 1 amide bonds. The third-order valence-electron chi connectivity index (χ3n) is 4.17. The number of methoxy groups -OCH3 is 1. The molecule has 1 fully saturated rings. The van der Waals surface area contributed by atoms with Crippen molar-refractivity contribution in [2.24, 2.45) is 5.92 Å². The minimum absolute atomic E-state index is 0.101. The molecule has 0 spiro atoms. The lowest BCUT2D eigenvalue weighted by molar-refractivity contribution is -0.147. The van der Waals surface area contributed by atoms with Gasteiger partial charge in [0.1, 0.15) is 17.5 Å². The molecule has 2 heterocycles. The van der Waals surface area contributed by atoms with E-state index in [1.165, 1.54) is 13.2 Å². The Morgan fingerprint density at radius 1 is 1.46 bits per heavy atom. The van der Waals surface area contributed by atoms with E-state index < -0.39 is 0 Å². The summed E-state index contributed by atoms with van der Waals surface area (Å²) < 4.78 is 10.1. The van der Waals surface area contributed by atoms with E-state index in [-0.39, 0.29) is 47.3 Å². The van der Waals surface area contributed by atoms with E-state index in [2.05, 4.69) is 10.3 Å². The number of ether oxygens (including phenoxy) is 2. The number of rotatable bonds is 6. The zero-order valence-electron chi connectivity index (χ0n) is 14.9. The number of amides is 1. The van der Waals surface area contributed by atoms with Crippen molar-refractivity contribution in [2.75, 3.05) is 44.4 Å². The molecule has 1 saturated heterocycles. The molecule has 0 atom stereocenters. The molecule has 3 N–H and O–H groups in total. The van der Waals surface area contributed by atoms with Crippen LogP contribution in [0.25, 0.3) is 0 Å². The van der Waals surface area contributed by atoms with Gasteiger partial charge in [0.25, 0.3) is 0 Å². The van der Waals surface area contributed by atoms with Gasteiger partial charge in [-0.2, -0.15) is 10.2 Å².